The maximum atomic E-state index is 4.69. The lowest BCUT2D eigenvalue weighted by Crippen LogP contribution is -2.14. The Balaban J connectivity index is 2.30. The summed E-state index contributed by atoms with van der Waals surface area (Å²) >= 11 is 1.74. The zero-order valence-corrected chi connectivity index (χ0v) is 12.4. The molecule has 3 nitrogen and oxygen atoms in total. The average molecular weight is 263 g/mol. The summed E-state index contributed by atoms with van der Waals surface area (Å²) in [7, 11) is 2.03. The highest BCUT2D eigenvalue weighted by Crippen LogP contribution is 2.44. The zero-order valence-electron chi connectivity index (χ0n) is 11.6. The van der Waals surface area contributed by atoms with Crippen LogP contribution >= 0.6 is 11.8 Å². The van der Waals surface area contributed by atoms with Crippen LogP contribution in [0.1, 0.15) is 36.9 Å². The number of aromatic nitrogens is 1. The van der Waals surface area contributed by atoms with Crippen molar-refractivity contribution in [1.82, 2.24) is 9.88 Å². The Morgan fingerprint density at radius 2 is 2.28 bits per heavy atom. The minimum Gasteiger partial charge on any atom is -0.366 e. The molecule has 0 amide bonds. The average Bonchev–Trinajstić information content (AvgIpc) is 3.20. The molecule has 1 aromatic heterocycles. The molecule has 0 atom stereocenters. The van der Waals surface area contributed by atoms with Crippen molar-refractivity contribution in [2.45, 2.75) is 37.6 Å². The van der Waals surface area contributed by atoms with Crippen molar-refractivity contribution in [2.24, 2.45) is 4.99 Å². The molecule has 0 aliphatic heterocycles. The highest BCUT2D eigenvalue weighted by atomic mass is 32.2. The van der Waals surface area contributed by atoms with Crippen LogP contribution in [0.5, 0.6) is 0 Å². The normalized spacial score (nSPS) is 15.3. The van der Waals surface area contributed by atoms with Gasteiger partial charge in [-0.1, -0.05) is 0 Å². The highest BCUT2D eigenvalue weighted by Gasteiger charge is 2.27. The molecular formula is C14H21N3S. The van der Waals surface area contributed by atoms with Crippen molar-refractivity contribution in [2.75, 3.05) is 19.8 Å². The molecule has 0 spiro atoms. The number of hydrogen-bond donors (Lipinski definition) is 0. The van der Waals surface area contributed by atoms with Gasteiger partial charge in [0.15, 0.2) is 0 Å². The summed E-state index contributed by atoms with van der Waals surface area (Å²) in [6, 6.07) is 2.23. The highest BCUT2D eigenvalue weighted by molar-refractivity contribution is 7.98. The van der Waals surface area contributed by atoms with E-state index in [1.807, 2.05) is 20.3 Å². The molecule has 1 saturated carbocycles. The number of nitrogens with zero attached hydrogens (tertiary/aromatic N) is 3. The van der Waals surface area contributed by atoms with Crippen molar-refractivity contribution in [3.8, 4) is 0 Å². The molecule has 18 heavy (non-hydrogen) atoms. The summed E-state index contributed by atoms with van der Waals surface area (Å²) in [6.45, 7) is 5.12. The molecule has 0 aromatic carbocycles. The third kappa shape index (κ3) is 3.05. The molecule has 0 bridgehead atoms. The van der Waals surface area contributed by atoms with Gasteiger partial charge in [-0.15, -0.1) is 11.8 Å². The molecule has 1 aliphatic carbocycles. The van der Waals surface area contributed by atoms with Crippen LogP contribution in [0.3, 0.4) is 0 Å². The maximum absolute atomic E-state index is 4.69. The van der Waals surface area contributed by atoms with E-state index in [0.717, 1.165) is 23.8 Å². The van der Waals surface area contributed by atoms with Gasteiger partial charge in [0.1, 0.15) is 0 Å². The second-order valence-corrected chi connectivity index (χ2v) is 5.58. The van der Waals surface area contributed by atoms with E-state index in [4.69, 9.17) is 0 Å². The van der Waals surface area contributed by atoms with Crippen molar-refractivity contribution < 1.29 is 0 Å². The van der Waals surface area contributed by atoms with E-state index in [9.17, 15) is 0 Å². The smallest absolute Gasteiger partial charge is 0.0996 e. The molecule has 0 radical (unpaired) electrons. The van der Waals surface area contributed by atoms with Gasteiger partial charge in [0, 0.05) is 13.6 Å². The Hall–Kier alpha value is -1.03. The lowest BCUT2D eigenvalue weighted by atomic mass is 10.1. The number of aliphatic imine (C=N–C) groups is 1. The Kier molecular flexibility index (Phi) is 4.27. The van der Waals surface area contributed by atoms with Crippen LogP contribution in [0.25, 0.3) is 0 Å². The van der Waals surface area contributed by atoms with Crippen molar-refractivity contribution in [3.63, 3.8) is 0 Å². The van der Waals surface area contributed by atoms with Crippen LogP contribution in [0.4, 0.5) is 5.69 Å². The van der Waals surface area contributed by atoms with Gasteiger partial charge in [-0.3, -0.25) is 0 Å². The van der Waals surface area contributed by atoms with Crippen LogP contribution in [0.15, 0.2) is 16.1 Å². The summed E-state index contributed by atoms with van der Waals surface area (Å²) in [5, 5.41) is 1.18. The van der Waals surface area contributed by atoms with Gasteiger partial charge in [-0.05, 0) is 50.5 Å². The molecule has 1 fully saturated rings. The number of hydrogen-bond acceptors (Lipinski definition) is 3. The first-order valence-electron chi connectivity index (χ1n) is 6.45. The third-order valence-electron chi connectivity index (χ3n) is 3.28. The van der Waals surface area contributed by atoms with Crippen LogP contribution in [0, 0.1) is 6.92 Å². The molecule has 0 N–H and O–H groups in total. The second kappa shape index (κ2) is 5.74. The molecule has 4 heteroatoms. The first-order chi connectivity index (χ1) is 8.65. The predicted octanol–water partition coefficient (Wildman–Crippen LogP) is 3.60. The SMILES string of the molecule is CCN(C)/C=N/c1cc(C2CC2)c(SC)nc1C. The van der Waals surface area contributed by atoms with Gasteiger partial charge >= 0.3 is 0 Å². The van der Waals surface area contributed by atoms with E-state index in [0.29, 0.717) is 0 Å². The van der Waals surface area contributed by atoms with Gasteiger partial charge in [0.2, 0.25) is 0 Å². The van der Waals surface area contributed by atoms with E-state index in [-0.39, 0.29) is 0 Å². The van der Waals surface area contributed by atoms with Gasteiger partial charge < -0.3 is 4.90 Å². The molecule has 1 aliphatic rings. The van der Waals surface area contributed by atoms with Gasteiger partial charge in [-0.25, -0.2) is 9.98 Å². The predicted molar refractivity (Wildman–Crippen MR) is 79.2 cm³/mol. The van der Waals surface area contributed by atoms with Crippen LogP contribution in [0.2, 0.25) is 0 Å². The van der Waals surface area contributed by atoms with Crippen molar-refractivity contribution in [3.05, 3.63) is 17.3 Å². The van der Waals surface area contributed by atoms with E-state index < -0.39 is 0 Å². The largest absolute Gasteiger partial charge is 0.366 e. The number of pyridine rings is 1. The fourth-order valence-electron chi connectivity index (χ4n) is 1.81. The number of thioether (sulfide) groups is 1. The third-order valence-corrected chi connectivity index (χ3v) is 4.00. The first-order valence-corrected chi connectivity index (χ1v) is 7.68. The van der Waals surface area contributed by atoms with E-state index in [1.165, 1.54) is 23.4 Å². The minimum atomic E-state index is 0.721. The van der Waals surface area contributed by atoms with E-state index in [2.05, 4.69) is 34.1 Å². The second-order valence-electron chi connectivity index (χ2n) is 4.78. The van der Waals surface area contributed by atoms with Gasteiger partial charge in [-0.2, -0.15) is 0 Å². The summed E-state index contributed by atoms with van der Waals surface area (Å²) in [5.41, 5.74) is 3.42. The summed E-state index contributed by atoms with van der Waals surface area (Å²) in [5.74, 6) is 0.721. The minimum absolute atomic E-state index is 0.721. The maximum Gasteiger partial charge on any atom is 0.0996 e. The van der Waals surface area contributed by atoms with Gasteiger partial charge in [0.05, 0.1) is 22.7 Å². The van der Waals surface area contributed by atoms with Crippen LogP contribution in [-0.2, 0) is 0 Å². The Morgan fingerprint density at radius 3 is 2.83 bits per heavy atom. The Morgan fingerprint density at radius 1 is 1.56 bits per heavy atom. The van der Waals surface area contributed by atoms with Crippen molar-refractivity contribution in [1.29, 1.82) is 0 Å². The summed E-state index contributed by atoms with van der Waals surface area (Å²) in [6.07, 6.45) is 6.59. The summed E-state index contributed by atoms with van der Waals surface area (Å²) in [4.78, 5) is 11.3. The zero-order chi connectivity index (χ0) is 13.1. The standard InChI is InChI=1S/C14H21N3S/c1-5-17(3)9-15-13-8-12(11-6-7-11)14(18-4)16-10(13)2/h8-9,11H,5-7H2,1-4H3/b15-9+. The van der Waals surface area contributed by atoms with Crippen molar-refractivity contribution >= 4 is 23.8 Å². The Labute approximate surface area is 114 Å². The van der Waals surface area contributed by atoms with E-state index in [1.54, 1.807) is 11.8 Å². The van der Waals surface area contributed by atoms with E-state index >= 15 is 0 Å². The molecule has 1 aromatic rings. The molecular weight excluding hydrogens is 242 g/mol. The first kappa shape index (κ1) is 13.4. The number of aryl methyl sites for hydroxylation is 1. The van der Waals surface area contributed by atoms with Crippen LogP contribution in [-0.4, -0.2) is 36.1 Å². The number of rotatable bonds is 5. The summed E-state index contributed by atoms with van der Waals surface area (Å²) < 4.78 is 0. The molecule has 98 valence electrons. The quantitative estimate of drug-likeness (QED) is 0.461. The Bertz CT molecular complexity index is 453. The molecule has 0 unspecified atom stereocenters. The van der Waals surface area contributed by atoms with Gasteiger partial charge in [0.25, 0.3) is 0 Å². The molecule has 0 saturated heterocycles. The fraction of sp³-hybridized carbons (Fsp3) is 0.571. The topological polar surface area (TPSA) is 28.5 Å². The van der Waals surface area contributed by atoms with Crippen LogP contribution < -0.4 is 0 Å². The lowest BCUT2D eigenvalue weighted by molar-refractivity contribution is 0.552. The monoisotopic (exact) mass is 263 g/mol. The molecule has 2 rings (SSSR count). The molecule has 1 heterocycles. The fourth-order valence-corrected chi connectivity index (χ4v) is 2.50. The lowest BCUT2D eigenvalue weighted by Gasteiger charge is -2.11.